The van der Waals surface area contributed by atoms with Crippen LogP contribution in [0.5, 0.6) is 0 Å². The summed E-state index contributed by atoms with van der Waals surface area (Å²) >= 11 is 1.38. The fraction of sp³-hybridized carbons (Fsp3) is 0.500. The monoisotopic (exact) mass is 313 g/mol. The van der Waals surface area contributed by atoms with Gasteiger partial charge in [-0.1, -0.05) is 0 Å². The van der Waals surface area contributed by atoms with E-state index in [2.05, 4.69) is 4.98 Å². The third kappa shape index (κ3) is 1.99. The zero-order chi connectivity index (χ0) is 14.5. The zero-order valence-electron chi connectivity index (χ0n) is 11.3. The van der Waals surface area contributed by atoms with Crippen LogP contribution in [0.3, 0.4) is 0 Å². The van der Waals surface area contributed by atoms with Crippen LogP contribution in [0.25, 0.3) is 4.96 Å². The first-order valence-electron chi connectivity index (χ1n) is 6.41. The predicted molar refractivity (Wildman–Crippen MR) is 76.8 cm³/mol. The van der Waals surface area contributed by atoms with Gasteiger partial charge in [-0.05, 0) is 26.7 Å². The highest BCUT2D eigenvalue weighted by molar-refractivity contribution is 7.89. The van der Waals surface area contributed by atoms with E-state index in [9.17, 15) is 13.2 Å². The lowest BCUT2D eigenvalue weighted by molar-refractivity contribution is 0.475. The van der Waals surface area contributed by atoms with Crippen LogP contribution in [0, 0.1) is 13.8 Å². The van der Waals surface area contributed by atoms with Crippen molar-refractivity contribution < 1.29 is 8.42 Å². The average Bonchev–Trinajstić information content (AvgIpc) is 2.97. The van der Waals surface area contributed by atoms with E-state index < -0.39 is 15.6 Å². The van der Waals surface area contributed by atoms with E-state index >= 15 is 0 Å². The Balaban J connectivity index is 2.28. The average molecular weight is 313 g/mol. The largest absolute Gasteiger partial charge is 0.279 e. The fourth-order valence-electron chi connectivity index (χ4n) is 2.49. The lowest BCUT2D eigenvalue weighted by Crippen LogP contribution is -2.34. The van der Waals surface area contributed by atoms with Gasteiger partial charge in [-0.2, -0.15) is 4.31 Å². The maximum Gasteiger partial charge on any atom is 0.279 e. The summed E-state index contributed by atoms with van der Waals surface area (Å²) in [5.41, 5.74) is -0.215. The van der Waals surface area contributed by atoms with Crippen molar-refractivity contribution in [3.05, 3.63) is 27.1 Å². The molecule has 1 aliphatic heterocycles. The number of sulfonamides is 1. The van der Waals surface area contributed by atoms with Crippen molar-refractivity contribution in [1.29, 1.82) is 0 Å². The summed E-state index contributed by atoms with van der Waals surface area (Å²) in [5, 5.41) is 0. The normalized spacial score (nSPS) is 17.1. The van der Waals surface area contributed by atoms with Crippen LogP contribution in [0.4, 0.5) is 0 Å². The number of hydrogen-bond acceptors (Lipinski definition) is 5. The summed E-state index contributed by atoms with van der Waals surface area (Å²) < 4.78 is 27.9. The second-order valence-corrected chi connectivity index (χ2v) is 8.03. The molecule has 0 spiro atoms. The van der Waals surface area contributed by atoms with Gasteiger partial charge in [0.2, 0.25) is 10.0 Å². The van der Waals surface area contributed by atoms with Crippen molar-refractivity contribution >= 4 is 26.3 Å². The SMILES string of the molecule is Cc1cn2c(=O)c(S(=O)(=O)N3CCCC3)c(C)nc2s1. The lowest BCUT2D eigenvalue weighted by Gasteiger charge is -2.15. The van der Waals surface area contributed by atoms with E-state index in [0.29, 0.717) is 18.1 Å². The van der Waals surface area contributed by atoms with Crippen LogP contribution in [0.2, 0.25) is 0 Å². The van der Waals surface area contributed by atoms with Gasteiger partial charge < -0.3 is 0 Å². The number of rotatable bonds is 2. The van der Waals surface area contributed by atoms with Gasteiger partial charge in [0.1, 0.15) is 0 Å². The van der Waals surface area contributed by atoms with E-state index in [1.165, 1.54) is 20.0 Å². The van der Waals surface area contributed by atoms with Crippen LogP contribution in [0.1, 0.15) is 23.4 Å². The Morgan fingerprint density at radius 3 is 2.55 bits per heavy atom. The second kappa shape index (κ2) is 4.64. The molecule has 0 N–H and O–H groups in total. The Bertz CT molecular complexity index is 829. The molecule has 2 aromatic heterocycles. The van der Waals surface area contributed by atoms with Crippen LogP contribution in [-0.4, -0.2) is 35.2 Å². The topological polar surface area (TPSA) is 71.8 Å². The van der Waals surface area contributed by atoms with Gasteiger partial charge in [0.05, 0.1) is 5.69 Å². The molecule has 6 nitrogen and oxygen atoms in total. The minimum Gasteiger partial charge on any atom is -0.267 e. The highest BCUT2D eigenvalue weighted by Gasteiger charge is 2.32. The van der Waals surface area contributed by atoms with Crippen molar-refractivity contribution in [3.8, 4) is 0 Å². The molecule has 0 aliphatic carbocycles. The van der Waals surface area contributed by atoms with Gasteiger partial charge in [0.15, 0.2) is 9.86 Å². The molecular weight excluding hydrogens is 298 g/mol. The van der Waals surface area contributed by atoms with Crippen molar-refractivity contribution in [2.45, 2.75) is 31.6 Å². The Morgan fingerprint density at radius 1 is 1.25 bits per heavy atom. The van der Waals surface area contributed by atoms with Crippen LogP contribution >= 0.6 is 11.3 Å². The highest BCUT2D eigenvalue weighted by Crippen LogP contribution is 2.22. The molecule has 3 rings (SSSR count). The number of aromatic nitrogens is 2. The van der Waals surface area contributed by atoms with E-state index in [1.54, 1.807) is 13.1 Å². The Kier molecular flexibility index (Phi) is 3.19. The van der Waals surface area contributed by atoms with Crippen LogP contribution in [-0.2, 0) is 10.0 Å². The predicted octanol–water partition coefficient (Wildman–Crippen LogP) is 1.16. The van der Waals surface area contributed by atoms with E-state index in [1.807, 2.05) is 6.92 Å². The molecular formula is C12H15N3O3S2. The Labute approximate surface area is 120 Å². The summed E-state index contributed by atoms with van der Waals surface area (Å²) in [7, 11) is -3.74. The third-order valence-corrected chi connectivity index (χ3v) is 6.37. The summed E-state index contributed by atoms with van der Waals surface area (Å²) in [6, 6.07) is 0. The molecule has 3 heterocycles. The first-order valence-corrected chi connectivity index (χ1v) is 8.66. The number of hydrogen-bond donors (Lipinski definition) is 0. The number of aryl methyl sites for hydroxylation is 2. The minimum absolute atomic E-state index is 0.185. The molecule has 0 radical (unpaired) electrons. The van der Waals surface area contributed by atoms with Crippen LogP contribution < -0.4 is 5.56 Å². The summed E-state index contributed by atoms with van der Waals surface area (Å²) in [4.78, 5) is 18.0. The third-order valence-electron chi connectivity index (χ3n) is 3.44. The fourth-order valence-corrected chi connectivity index (χ4v) is 5.09. The Morgan fingerprint density at radius 2 is 1.90 bits per heavy atom. The van der Waals surface area contributed by atoms with Gasteiger partial charge in [0, 0.05) is 24.2 Å². The van der Waals surface area contributed by atoms with E-state index in [-0.39, 0.29) is 10.6 Å². The molecule has 0 aromatic carbocycles. The summed E-state index contributed by atoms with van der Waals surface area (Å²) in [6.07, 6.45) is 3.32. The molecule has 0 saturated carbocycles. The Hall–Kier alpha value is -1.25. The van der Waals surface area contributed by atoms with Crippen molar-refractivity contribution in [1.82, 2.24) is 13.7 Å². The number of nitrogens with zero attached hydrogens (tertiary/aromatic N) is 3. The zero-order valence-corrected chi connectivity index (χ0v) is 12.9. The van der Waals surface area contributed by atoms with Crippen LogP contribution in [0.15, 0.2) is 15.9 Å². The molecule has 108 valence electrons. The maximum atomic E-state index is 12.6. The molecule has 8 heteroatoms. The minimum atomic E-state index is -3.74. The smallest absolute Gasteiger partial charge is 0.267 e. The van der Waals surface area contributed by atoms with Gasteiger partial charge in [-0.15, -0.1) is 11.3 Å². The van der Waals surface area contributed by atoms with E-state index in [0.717, 1.165) is 17.7 Å². The molecule has 2 aromatic rings. The molecule has 0 atom stereocenters. The quantitative estimate of drug-likeness (QED) is 0.834. The lowest BCUT2D eigenvalue weighted by atomic mass is 10.4. The highest BCUT2D eigenvalue weighted by atomic mass is 32.2. The van der Waals surface area contributed by atoms with Crippen molar-refractivity contribution in [2.75, 3.05) is 13.1 Å². The molecule has 0 amide bonds. The molecule has 1 saturated heterocycles. The van der Waals surface area contributed by atoms with Gasteiger partial charge >= 0.3 is 0 Å². The van der Waals surface area contributed by atoms with E-state index in [4.69, 9.17) is 0 Å². The summed E-state index contributed by atoms with van der Waals surface area (Å²) in [6.45, 7) is 4.40. The van der Waals surface area contributed by atoms with Gasteiger partial charge in [0.25, 0.3) is 5.56 Å². The molecule has 0 unspecified atom stereocenters. The number of fused-ring (bicyclic) bond motifs is 1. The standard InChI is InChI=1S/C12H15N3O3S2/c1-8-7-15-11(16)10(9(2)13-12(15)19-8)20(17,18)14-5-3-4-6-14/h7H,3-6H2,1-2H3. The number of thiazole rings is 1. The molecule has 1 aliphatic rings. The molecule has 0 bridgehead atoms. The summed E-state index contributed by atoms with van der Waals surface area (Å²) in [5.74, 6) is 0. The van der Waals surface area contributed by atoms with Crippen molar-refractivity contribution in [3.63, 3.8) is 0 Å². The van der Waals surface area contributed by atoms with Gasteiger partial charge in [-0.3, -0.25) is 9.20 Å². The maximum absolute atomic E-state index is 12.6. The van der Waals surface area contributed by atoms with Crippen molar-refractivity contribution in [2.24, 2.45) is 0 Å². The first-order chi connectivity index (χ1) is 9.41. The van der Waals surface area contributed by atoms with Gasteiger partial charge in [-0.25, -0.2) is 13.4 Å². The molecule has 20 heavy (non-hydrogen) atoms. The second-order valence-electron chi connectivity index (χ2n) is 4.94. The molecule has 1 fully saturated rings. The first kappa shape index (κ1) is 13.7.